The molecule has 1 aromatic heterocycles. The highest BCUT2D eigenvalue weighted by molar-refractivity contribution is 5.88. The van der Waals surface area contributed by atoms with Gasteiger partial charge in [0.25, 0.3) is 0 Å². The summed E-state index contributed by atoms with van der Waals surface area (Å²) in [5.41, 5.74) is 2.95. The summed E-state index contributed by atoms with van der Waals surface area (Å²) < 4.78 is 18.0. The summed E-state index contributed by atoms with van der Waals surface area (Å²) in [7, 11) is 3.16. The zero-order valence-electron chi connectivity index (χ0n) is 19.1. The number of aromatic nitrogens is 3. The minimum absolute atomic E-state index is 0.371. The summed E-state index contributed by atoms with van der Waals surface area (Å²) in [6.45, 7) is 6.60. The van der Waals surface area contributed by atoms with E-state index in [1.807, 2.05) is 55.5 Å². The maximum atomic E-state index is 12.5. The van der Waals surface area contributed by atoms with Gasteiger partial charge in [0, 0.05) is 12.6 Å². The number of carbonyl (C=O) groups is 1. The van der Waals surface area contributed by atoms with Crippen LogP contribution in [-0.2, 0) is 0 Å². The first kappa shape index (κ1) is 23.6. The van der Waals surface area contributed by atoms with E-state index in [0.29, 0.717) is 35.9 Å². The first-order valence-corrected chi connectivity index (χ1v) is 10.6. The maximum absolute atomic E-state index is 12.5. The molecule has 0 saturated heterocycles. The average molecular weight is 449 g/mol. The van der Waals surface area contributed by atoms with Gasteiger partial charge in [-0.3, -0.25) is 0 Å². The van der Waals surface area contributed by atoms with E-state index >= 15 is 0 Å². The third kappa shape index (κ3) is 5.79. The Balaban J connectivity index is 1.99. The van der Waals surface area contributed by atoms with Gasteiger partial charge in [-0.15, -0.1) is 11.7 Å². The molecule has 8 nitrogen and oxygen atoms in total. The Morgan fingerprint density at radius 2 is 1.91 bits per heavy atom. The highest BCUT2D eigenvalue weighted by Crippen LogP contribution is 2.37. The van der Waals surface area contributed by atoms with Gasteiger partial charge in [0.1, 0.15) is 22.9 Å². The van der Waals surface area contributed by atoms with Crippen molar-refractivity contribution in [1.82, 2.24) is 20.3 Å². The van der Waals surface area contributed by atoms with E-state index in [4.69, 9.17) is 14.2 Å². The fourth-order valence-electron chi connectivity index (χ4n) is 3.20. The lowest BCUT2D eigenvalue weighted by Crippen LogP contribution is -2.29. The summed E-state index contributed by atoms with van der Waals surface area (Å²) in [6, 6.07) is 11.0. The quantitative estimate of drug-likeness (QED) is 0.276. The van der Waals surface area contributed by atoms with Gasteiger partial charge in [0.2, 0.25) is 0 Å². The number of rotatable bonds is 10. The van der Waals surface area contributed by atoms with Crippen molar-refractivity contribution < 1.29 is 19.0 Å². The lowest BCUT2D eigenvalue weighted by atomic mass is 10.0. The molecular weight excluding hydrogens is 420 g/mol. The van der Waals surface area contributed by atoms with Crippen LogP contribution < -0.4 is 19.5 Å². The second kappa shape index (κ2) is 11.5. The van der Waals surface area contributed by atoms with Crippen LogP contribution >= 0.6 is 0 Å². The largest absolute Gasteiger partial charge is 0.497 e. The minimum Gasteiger partial charge on any atom is -0.497 e. The summed E-state index contributed by atoms with van der Waals surface area (Å²) in [4.78, 5) is 12.5. The second-order valence-electron chi connectivity index (χ2n) is 6.99. The van der Waals surface area contributed by atoms with Crippen LogP contribution in [0.5, 0.6) is 17.2 Å². The van der Waals surface area contributed by atoms with Gasteiger partial charge in [0.15, 0.2) is 0 Å². The van der Waals surface area contributed by atoms with Crippen LogP contribution in [0, 0.1) is 0 Å². The van der Waals surface area contributed by atoms with E-state index in [2.05, 4.69) is 22.2 Å². The predicted molar refractivity (Wildman–Crippen MR) is 129 cm³/mol. The monoisotopic (exact) mass is 448 g/mol. The van der Waals surface area contributed by atoms with E-state index in [1.165, 1.54) is 10.9 Å². The number of hydrogen-bond acceptors (Lipinski definition) is 6. The SMILES string of the molecule is C=CCCOc1ccc(/C=C/c2cc(OC)cc(OC)c2-c2cnnn2C(=O)NCC)cc1. The van der Waals surface area contributed by atoms with Gasteiger partial charge in [-0.2, -0.15) is 4.68 Å². The average Bonchev–Trinajstić information content (AvgIpc) is 3.32. The third-order valence-electron chi connectivity index (χ3n) is 4.81. The summed E-state index contributed by atoms with van der Waals surface area (Å²) in [5, 5.41) is 10.6. The topological polar surface area (TPSA) is 87.5 Å². The van der Waals surface area contributed by atoms with Crippen molar-refractivity contribution in [2.24, 2.45) is 0 Å². The fourth-order valence-corrected chi connectivity index (χ4v) is 3.20. The number of nitrogens with one attached hydrogen (secondary N) is 1. The van der Waals surface area contributed by atoms with Gasteiger partial charge < -0.3 is 19.5 Å². The van der Waals surface area contributed by atoms with E-state index in [1.54, 1.807) is 20.3 Å². The number of ether oxygens (including phenoxy) is 3. The Bertz CT molecular complexity index is 1120. The molecule has 0 saturated carbocycles. The number of hydrogen-bond donors (Lipinski definition) is 1. The first-order chi connectivity index (χ1) is 16.1. The molecule has 0 aliphatic rings. The molecule has 3 aromatic rings. The predicted octanol–water partition coefficient (Wildman–Crippen LogP) is 4.67. The van der Waals surface area contributed by atoms with Crippen molar-refractivity contribution in [1.29, 1.82) is 0 Å². The third-order valence-corrected chi connectivity index (χ3v) is 4.81. The van der Waals surface area contributed by atoms with Gasteiger partial charge in [-0.05, 0) is 42.7 Å². The molecule has 0 spiro atoms. The van der Waals surface area contributed by atoms with Crippen molar-refractivity contribution in [3.63, 3.8) is 0 Å². The van der Waals surface area contributed by atoms with Crippen LogP contribution in [-0.4, -0.2) is 48.4 Å². The van der Waals surface area contributed by atoms with Crippen LogP contribution in [0.1, 0.15) is 24.5 Å². The van der Waals surface area contributed by atoms with Crippen molar-refractivity contribution >= 4 is 18.2 Å². The lowest BCUT2D eigenvalue weighted by Gasteiger charge is -2.15. The van der Waals surface area contributed by atoms with E-state index < -0.39 is 0 Å². The molecule has 0 fully saturated rings. The van der Waals surface area contributed by atoms with E-state index in [-0.39, 0.29) is 6.03 Å². The molecule has 0 radical (unpaired) electrons. The molecule has 0 aliphatic carbocycles. The Hall–Kier alpha value is -4.07. The first-order valence-electron chi connectivity index (χ1n) is 10.6. The summed E-state index contributed by atoms with van der Waals surface area (Å²) >= 11 is 0. The van der Waals surface area contributed by atoms with E-state index in [9.17, 15) is 4.79 Å². The second-order valence-corrected chi connectivity index (χ2v) is 6.99. The maximum Gasteiger partial charge on any atom is 0.344 e. The van der Waals surface area contributed by atoms with Crippen LogP contribution in [0.15, 0.2) is 55.3 Å². The molecule has 33 heavy (non-hydrogen) atoms. The molecule has 3 rings (SSSR count). The van der Waals surface area contributed by atoms with E-state index in [0.717, 1.165) is 23.3 Å². The van der Waals surface area contributed by atoms with Gasteiger partial charge in [-0.25, -0.2) is 4.79 Å². The summed E-state index contributed by atoms with van der Waals surface area (Å²) in [5.74, 6) is 1.96. The van der Waals surface area contributed by atoms with Crippen LogP contribution in [0.2, 0.25) is 0 Å². The van der Waals surface area contributed by atoms with Gasteiger partial charge in [-0.1, -0.05) is 35.6 Å². The van der Waals surface area contributed by atoms with Gasteiger partial charge in [0.05, 0.1) is 32.6 Å². The molecule has 1 heterocycles. The zero-order valence-corrected chi connectivity index (χ0v) is 19.1. The molecule has 0 aliphatic heterocycles. The molecule has 0 atom stereocenters. The number of carbonyl (C=O) groups excluding carboxylic acids is 1. The number of amides is 1. The van der Waals surface area contributed by atoms with Crippen molar-refractivity contribution in [3.8, 4) is 28.5 Å². The van der Waals surface area contributed by atoms with Crippen molar-refractivity contribution in [2.45, 2.75) is 13.3 Å². The Morgan fingerprint density at radius 3 is 2.58 bits per heavy atom. The van der Waals surface area contributed by atoms with Crippen LogP contribution in [0.4, 0.5) is 4.79 Å². The zero-order chi connectivity index (χ0) is 23.6. The highest BCUT2D eigenvalue weighted by atomic mass is 16.5. The molecule has 8 heteroatoms. The number of nitrogens with zero attached hydrogens (tertiary/aromatic N) is 3. The molecule has 0 unspecified atom stereocenters. The smallest absolute Gasteiger partial charge is 0.344 e. The number of methoxy groups -OCH3 is 2. The molecule has 1 N–H and O–H groups in total. The molecule has 1 amide bonds. The van der Waals surface area contributed by atoms with Crippen LogP contribution in [0.3, 0.4) is 0 Å². The van der Waals surface area contributed by atoms with Crippen molar-refractivity contribution in [2.75, 3.05) is 27.4 Å². The highest BCUT2D eigenvalue weighted by Gasteiger charge is 2.20. The Labute approximate surface area is 193 Å². The Morgan fingerprint density at radius 1 is 1.12 bits per heavy atom. The molecule has 2 aromatic carbocycles. The Kier molecular flexibility index (Phi) is 8.24. The normalized spacial score (nSPS) is 10.8. The fraction of sp³-hybridized carbons (Fsp3) is 0.240. The molecular formula is C25H28N4O4. The summed E-state index contributed by atoms with van der Waals surface area (Å²) in [6.07, 6.45) is 8.05. The molecule has 0 bridgehead atoms. The lowest BCUT2D eigenvalue weighted by molar-refractivity contribution is 0.240. The van der Waals surface area contributed by atoms with Gasteiger partial charge >= 0.3 is 6.03 Å². The minimum atomic E-state index is -0.371. The van der Waals surface area contributed by atoms with Crippen LogP contribution in [0.25, 0.3) is 23.4 Å². The number of benzene rings is 2. The molecule has 172 valence electrons. The van der Waals surface area contributed by atoms with Crippen molar-refractivity contribution in [3.05, 3.63) is 66.4 Å². The standard InChI is InChI=1S/C25H28N4O4/c1-5-7-14-33-20-12-9-18(10-13-20)8-11-19-15-21(31-3)16-23(32-4)24(19)22-17-27-28-29(22)25(30)26-6-2/h5,8-13,15-17H,1,6-7,14H2,2-4H3,(H,26,30)/b11-8+.